The smallest absolute Gasteiger partial charge is 0.163 e. The Labute approximate surface area is 77.2 Å². The summed E-state index contributed by atoms with van der Waals surface area (Å²) in [5.41, 5.74) is 2.07. The van der Waals surface area contributed by atoms with Crippen LogP contribution in [0, 0.1) is 0 Å². The van der Waals surface area contributed by atoms with Crippen LogP contribution in [0.3, 0.4) is 0 Å². The molecule has 12 heavy (non-hydrogen) atoms. The van der Waals surface area contributed by atoms with Gasteiger partial charge in [-0.2, -0.15) is 0 Å². The van der Waals surface area contributed by atoms with Gasteiger partial charge in [-0.05, 0) is 30.5 Å². The molecule has 0 spiro atoms. The molecule has 1 aromatic carbocycles. The Morgan fingerprint density at radius 2 is 2.08 bits per heavy atom. The number of rotatable bonds is 0. The normalized spacial score (nSPS) is 15.9. The summed E-state index contributed by atoms with van der Waals surface area (Å²) in [5.74, 6) is 0.271. The zero-order chi connectivity index (χ0) is 8.55. The second kappa shape index (κ2) is 2.94. The minimum Gasteiger partial charge on any atom is -0.294 e. The summed E-state index contributed by atoms with van der Waals surface area (Å²) in [6, 6.07) is 5.83. The van der Waals surface area contributed by atoms with E-state index in [0.29, 0.717) is 6.42 Å². The highest BCUT2D eigenvalue weighted by Gasteiger charge is 2.16. The lowest BCUT2D eigenvalue weighted by Crippen LogP contribution is -2.10. The van der Waals surface area contributed by atoms with Crippen molar-refractivity contribution in [3.8, 4) is 0 Å². The molecule has 0 saturated carbocycles. The third kappa shape index (κ3) is 1.27. The monoisotopic (exact) mass is 178 g/mol. The average Bonchev–Trinajstić information content (AvgIpc) is 2.07. The molecule has 2 heteroatoms. The van der Waals surface area contributed by atoms with E-state index >= 15 is 0 Å². The summed E-state index contributed by atoms with van der Waals surface area (Å²) in [7, 11) is 0. The molecule has 0 amide bonds. The third-order valence-corrected chi connectivity index (χ3v) is 2.52. The molecule has 1 aliphatic rings. The molecule has 1 nitrogen and oxygen atoms in total. The molecule has 62 valence electrons. The van der Waals surface area contributed by atoms with E-state index in [2.05, 4.69) is 12.6 Å². The quantitative estimate of drug-likeness (QED) is 0.604. The Kier molecular flexibility index (Phi) is 1.93. The number of benzene rings is 1. The first-order chi connectivity index (χ1) is 5.77. The summed E-state index contributed by atoms with van der Waals surface area (Å²) in [5, 5.41) is 0. The van der Waals surface area contributed by atoms with Gasteiger partial charge < -0.3 is 0 Å². The minimum atomic E-state index is 0.271. The number of aryl methyl sites for hydroxylation is 1. The van der Waals surface area contributed by atoms with Crippen molar-refractivity contribution >= 4 is 18.4 Å². The standard InChI is InChI=1S/C10H10OS/c11-10-3-1-2-7-4-5-8(12)6-9(7)10/h4-6,12H,1-3H2. The molecule has 0 aliphatic heterocycles. The number of ketones is 1. The molecule has 0 radical (unpaired) electrons. The lowest BCUT2D eigenvalue weighted by Gasteiger charge is -2.14. The summed E-state index contributed by atoms with van der Waals surface area (Å²) in [6.07, 6.45) is 2.73. The number of fused-ring (bicyclic) bond motifs is 1. The van der Waals surface area contributed by atoms with Crippen LogP contribution in [-0.2, 0) is 6.42 Å². The van der Waals surface area contributed by atoms with Gasteiger partial charge in [0.05, 0.1) is 0 Å². The fourth-order valence-corrected chi connectivity index (χ4v) is 1.82. The Balaban J connectivity index is 2.54. The molecule has 0 bridgehead atoms. The minimum absolute atomic E-state index is 0.271. The average molecular weight is 178 g/mol. The van der Waals surface area contributed by atoms with E-state index in [1.54, 1.807) is 0 Å². The van der Waals surface area contributed by atoms with E-state index in [0.717, 1.165) is 23.3 Å². The molecule has 0 heterocycles. The molecule has 0 N–H and O–H groups in total. The van der Waals surface area contributed by atoms with Crippen LogP contribution in [0.15, 0.2) is 23.1 Å². The lowest BCUT2D eigenvalue weighted by molar-refractivity contribution is 0.0972. The predicted octanol–water partition coefficient (Wildman–Crippen LogP) is 2.49. The van der Waals surface area contributed by atoms with Gasteiger partial charge in [0.2, 0.25) is 0 Å². The molecule has 0 atom stereocenters. The Bertz CT molecular complexity index is 331. The highest BCUT2D eigenvalue weighted by atomic mass is 32.1. The van der Waals surface area contributed by atoms with Gasteiger partial charge in [-0.15, -0.1) is 12.6 Å². The van der Waals surface area contributed by atoms with Crippen molar-refractivity contribution in [1.29, 1.82) is 0 Å². The molecule has 0 fully saturated rings. The number of hydrogen-bond acceptors (Lipinski definition) is 2. The second-order valence-electron chi connectivity index (χ2n) is 3.12. The second-order valence-corrected chi connectivity index (χ2v) is 3.63. The van der Waals surface area contributed by atoms with Crippen LogP contribution in [0.5, 0.6) is 0 Å². The first-order valence-electron chi connectivity index (χ1n) is 4.12. The summed E-state index contributed by atoms with van der Waals surface area (Å²) in [4.78, 5) is 12.3. The van der Waals surface area contributed by atoms with Crippen molar-refractivity contribution in [1.82, 2.24) is 0 Å². The van der Waals surface area contributed by atoms with Gasteiger partial charge in [0.25, 0.3) is 0 Å². The SMILES string of the molecule is O=C1CCCc2ccc(S)cc21. The zero-order valence-corrected chi connectivity index (χ0v) is 7.60. The first-order valence-corrected chi connectivity index (χ1v) is 4.57. The molecule has 1 aliphatic carbocycles. The van der Waals surface area contributed by atoms with Crippen LogP contribution in [0.2, 0.25) is 0 Å². The number of thiol groups is 1. The number of carbonyl (C=O) groups excluding carboxylic acids is 1. The van der Waals surface area contributed by atoms with Gasteiger partial charge in [0.1, 0.15) is 0 Å². The third-order valence-electron chi connectivity index (χ3n) is 2.24. The van der Waals surface area contributed by atoms with Gasteiger partial charge >= 0.3 is 0 Å². The molecule has 0 saturated heterocycles. The number of Topliss-reactive ketones (excluding diaryl/α,β-unsaturated/α-hetero) is 1. The maximum atomic E-state index is 11.4. The number of hydrogen-bond donors (Lipinski definition) is 1. The van der Waals surface area contributed by atoms with Crippen LogP contribution in [-0.4, -0.2) is 5.78 Å². The van der Waals surface area contributed by atoms with Crippen LogP contribution >= 0.6 is 12.6 Å². The molecule has 0 unspecified atom stereocenters. The van der Waals surface area contributed by atoms with Crippen LogP contribution < -0.4 is 0 Å². The van der Waals surface area contributed by atoms with Gasteiger partial charge in [-0.25, -0.2) is 0 Å². The molecular weight excluding hydrogens is 168 g/mol. The van der Waals surface area contributed by atoms with Gasteiger partial charge in [-0.1, -0.05) is 6.07 Å². The topological polar surface area (TPSA) is 17.1 Å². The summed E-state index contributed by atoms with van der Waals surface area (Å²) < 4.78 is 0. The van der Waals surface area contributed by atoms with Crippen molar-refractivity contribution in [3.05, 3.63) is 29.3 Å². The maximum absolute atomic E-state index is 11.4. The van der Waals surface area contributed by atoms with Crippen molar-refractivity contribution < 1.29 is 4.79 Å². The van der Waals surface area contributed by atoms with E-state index < -0.39 is 0 Å². The van der Waals surface area contributed by atoms with Crippen molar-refractivity contribution in [2.75, 3.05) is 0 Å². The fourth-order valence-electron chi connectivity index (χ4n) is 1.62. The molecule has 0 aromatic heterocycles. The summed E-state index contributed by atoms with van der Waals surface area (Å²) >= 11 is 4.21. The largest absolute Gasteiger partial charge is 0.294 e. The van der Waals surface area contributed by atoms with Crippen molar-refractivity contribution in [3.63, 3.8) is 0 Å². The maximum Gasteiger partial charge on any atom is 0.163 e. The highest BCUT2D eigenvalue weighted by Crippen LogP contribution is 2.23. The number of carbonyl (C=O) groups is 1. The summed E-state index contributed by atoms with van der Waals surface area (Å²) in [6.45, 7) is 0. The van der Waals surface area contributed by atoms with Gasteiger partial charge in [-0.3, -0.25) is 4.79 Å². The Hall–Kier alpha value is -0.760. The van der Waals surface area contributed by atoms with Gasteiger partial charge in [0, 0.05) is 16.9 Å². The van der Waals surface area contributed by atoms with E-state index in [1.807, 2.05) is 18.2 Å². The van der Waals surface area contributed by atoms with Crippen LogP contribution in [0.1, 0.15) is 28.8 Å². The Morgan fingerprint density at radius 3 is 2.92 bits per heavy atom. The zero-order valence-electron chi connectivity index (χ0n) is 6.71. The van der Waals surface area contributed by atoms with Crippen molar-refractivity contribution in [2.45, 2.75) is 24.2 Å². The van der Waals surface area contributed by atoms with E-state index in [4.69, 9.17) is 0 Å². The van der Waals surface area contributed by atoms with E-state index in [9.17, 15) is 4.79 Å². The van der Waals surface area contributed by atoms with Gasteiger partial charge in [0.15, 0.2) is 5.78 Å². The van der Waals surface area contributed by atoms with Crippen LogP contribution in [0.4, 0.5) is 0 Å². The molecule has 1 aromatic rings. The highest BCUT2D eigenvalue weighted by molar-refractivity contribution is 7.80. The van der Waals surface area contributed by atoms with Crippen molar-refractivity contribution in [2.24, 2.45) is 0 Å². The molecular formula is C10H10OS. The van der Waals surface area contributed by atoms with Crippen LogP contribution in [0.25, 0.3) is 0 Å². The van der Waals surface area contributed by atoms with E-state index in [-0.39, 0.29) is 5.78 Å². The molecule has 2 rings (SSSR count). The Morgan fingerprint density at radius 1 is 1.25 bits per heavy atom. The first kappa shape index (κ1) is 7.87. The lowest BCUT2D eigenvalue weighted by atomic mass is 9.91. The van der Waals surface area contributed by atoms with E-state index in [1.165, 1.54) is 5.56 Å². The fraction of sp³-hybridized carbons (Fsp3) is 0.300. The predicted molar refractivity (Wildman–Crippen MR) is 51.0 cm³/mol.